The lowest BCUT2D eigenvalue weighted by Crippen LogP contribution is -2.58. The van der Waals surface area contributed by atoms with Gasteiger partial charge in [-0.3, -0.25) is 4.79 Å². The largest absolute Gasteiger partial charge is 0.389 e. The van der Waals surface area contributed by atoms with Gasteiger partial charge in [0.2, 0.25) is 0 Å². The minimum Gasteiger partial charge on any atom is -0.389 e. The summed E-state index contributed by atoms with van der Waals surface area (Å²) < 4.78 is 0. The summed E-state index contributed by atoms with van der Waals surface area (Å²) >= 11 is 0. The molecule has 2 heteroatoms. The number of fused-ring (bicyclic) bond motifs is 3. The Labute approximate surface area is 109 Å². The van der Waals surface area contributed by atoms with Crippen molar-refractivity contribution in [3.8, 4) is 0 Å². The molecule has 0 saturated heterocycles. The molecule has 3 rings (SSSR count). The van der Waals surface area contributed by atoms with Crippen molar-refractivity contribution in [1.29, 1.82) is 0 Å². The number of hydrogen-bond donors (Lipinski definition) is 1. The van der Waals surface area contributed by atoms with Gasteiger partial charge in [0.15, 0.2) is 0 Å². The molecule has 2 fully saturated rings. The lowest BCUT2D eigenvalue weighted by molar-refractivity contribution is -0.159. The molecule has 0 bridgehead atoms. The molecule has 2 nitrogen and oxygen atoms in total. The maximum atomic E-state index is 12.5. The van der Waals surface area contributed by atoms with Gasteiger partial charge in [-0.05, 0) is 32.1 Å². The summed E-state index contributed by atoms with van der Waals surface area (Å²) in [5.41, 5.74) is 0.222. The van der Waals surface area contributed by atoms with Gasteiger partial charge in [0.25, 0.3) is 0 Å². The van der Waals surface area contributed by atoms with E-state index in [-0.39, 0.29) is 23.0 Å². The molecule has 0 aromatic rings. The third-order valence-electron chi connectivity index (χ3n) is 5.60. The molecular weight excluding hydrogens is 224 g/mol. The second-order valence-electron chi connectivity index (χ2n) is 6.45. The topological polar surface area (TPSA) is 37.3 Å². The Morgan fingerprint density at radius 1 is 1.50 bits per heavy atom. The molecule has 18 heavy (non-hydrogen) atoms. The fourth-order valence-electron chi connectivity index (χ4n) is 4.84. The highest BCUT2D eigenvalue weighted by molar-refractivity contribution is 5.88. The van der Waals surface area contributed by atoms with Crippen molar-refractivity contribution in [2.45, 2.75) is 51.0 Å². The van der Waals surface area contributed by atoms with Crippen LogP contribution >= 0.6 is 0 Å². The molecule has 4 atom stereocenters. The first-order valence-corrected chi connectivity index (χ1v) is 7.09. The standard InChI is InChI=1S/C16H22O2/c1-3-15-9-7-11(2)14(15)12(17)10-16(18)8-5-4-6-13(15)16/h3,7,13-14,18H,1,4-6,8-10H2,2H3/t13-,14+,15-,16-/m0/s1. The molecule has 0 aromatic heterocycles. The van der Waals surface area contributed by atoms with Gasteiger partial charge in [0.1, 0.15) is 5.78 Å². The minimum absolute atomic E-state index is 0.0154. The quantitative estimate of drug-likeness (QED) is 0.722. The molecule has 0 spiro atoms. The molecule has 3 aliphatic carbocycles. The van der Waals surface area contributed by atoms with Crippen LogP contribution in [0.2, 0.25) is 0 Å². The number of carbonyl (C=O) groups excluding carboxylic acids is 1. The van der Waals surface area contributed by atoms with Crippen LogP contribution < -0.4 is 0 Å². The molecule has 3 aliphatic rings. The van der Waals surface area contributed by atoms with Crippen LogP contribution in [0.15, 0.2) is 24.3 Å². The van der Waals surface area contributed by atoms with E-state index in [2.05, 4.69) is 19.6 Å². The van der Waals surface area contributed by atoms with Crippen LogP contribution in [0.25, 0.3) is 0 Å². The zero-order valence-corrected chi connectivity index (χ0v) is 11.1. The SMILES string of the molecule is C=C[C@@]12CC=C(C)[C@@H]1C(=O)C[C@@]1(O)CCCC[C@H]12. The van der Waals surface area contributed by atoms with Crippen LogP contribution in [0, 0.1) is 17.3 Å². The minimum atomic E-state index is -0.765. The Bertz CT molecular complexity index is 436. The van der Waals surface area contributed by atoms with E-state index in [1.165, 1.54) is 12.0 Å². The average molecular weight is 246 g/mol. The third kappa shape index (κ3) is 1.36. The van der Waals surface area contributed by atoms with Crippen LogP contribution in [-0.2, 0) is 4.79 Å². The van der Waals surface area contributed by atoms with Crippen molar-refractivity contribution in [3.63, 3.8) is 0 Å². The summed E-state index contributed by atoms with van der Waals surface area (Å²) in [4.78, 5) is 12.5. The maximum absolute atomic E-state index is 12.5. The van der Waals surface area contributed by atoms with Gasteiger partial charge >= 0.3 is 0 Å². The summed E-state index contributed by atoms with van der Waals surface area (Å²) in [6.45, 7) is 6.07. The fraction of sp³-hybridized carbons (Fsp3) is 0.688. The number of hydrogen-bond acceptors (Lipinski definition) is 2. The Kier molecular flexibility index (Phi) is 2.57. The van der Waals surface area contributed by atoms with E-state index in [9.17, 15) is 9.90 Å². The van der Waals surface area contributed by atoms with Crippen LogP contribution in [0.5, 0.6) is 0 Å². The van der Waals surface area contributed by atoms with Crippen LogP contribution in [0.1, 0.15) is 45.4 Å². The van der Waals surface area contributed by atoms with Crippen molar-refractivity contribution >= 4 is 5.78 Å². The van der Waals surface area contributed by atoms with Gasteiger partial charge in [0.05, 0.1) is 5.60 Å². The first kappa shape index (κ1) is 12.2. The van der Waals surface area contributed by atoms with Crippen molar-refractivity contribution in [2.24, 2.45) is 17.3 Å². The average Bonchev–Trinajstić information content (AvgIpc) is 2.67. The summed E-state index contributed by atoms with van der Waals surface area (Å²) in [5, 5.41) is 10.9. The third-order valence-corrected chi connectivity index (χ3v) is 5.60. The number of carbonyl (C=O) groups is 1. The molecule has 0 unspecified atom stereocenters. The summed E-state index contributed by atoms with van der Waals surface area (Å²) in [6.07, 6.45) is 9.42. The lowest BCUT2D eigenvalue weighted by atomic mass is 9.51. The second-order valence-corrected chi connectivity index (χ2v) is 6.45. The van der Waals surface area contributed by atoms with Gasteiger partial charge in [0, 0.05) is 17.8 Å². The van der Waals surface area contributed by atoms with Crippen LogP contribution in [0.4, 0.5) is 0 Å². The Morgan fingerprint density at radius 3 is 3.00 bits per heavy atom. The molecule has 1 N–H and O–H groups in total. The molecular formula is C16H22O2. The number of ketones is 1. The normalized spacial score (nSPS) is 47.2. The van der Waals surface area contributed by atoms with Crippen LogP contribution in [0.3, 0.4) is 0 Å². The van der Waals surface area contributed by atoms with Gasteiger partial charge < -0.3 is 5.11 Å². The van der Waals surface area contributed by atoms with Crippen molar-refractivity contribution in [3.05, 3.63) is 24.3 Å². The molecule has 98 valence electrons. The molecule has 0 aliphatic heterocycles. The van der Waals surface area contributed by atoms with E-state index in [0.717, 1.165) is 25.7 Å². The number of rotatable bonds is 1. The summed E-state index contributed by atoms with van der Waals surface area (Å²) in [5.74, 6) is 0.424. The highest BCUT2D eigenvalue weighted by Gasteiger charge is 2.61. The molecule has 0 heterocycles. The molecule has 0 amide bonds. The summed E-state index contributed by atoms with van der Waals surface area (Å²) in [6, 6.07) is 0. The Balaban J connectivity index is 2.09. The molecule has 0 radical (unpaired) electrons. The number of allylic oxidation sites excluding steroid dienone is 3. The second kappa shape index (κ2) is 3.80. The number of Topliss-reactive ketones (excluding diaryl/α,β-unsaturated/α-hetero) is 1. The van der Waals surface area contributed by atoms with Gasteiger partial charge in [-0.25, -0.2) is 0 Å². The van der Waals surface area contributed by atoms with Crippen molar-refractivity contribution in [1.82, 2.24) is 0 Å². The van der Waals surface area contributed by atoms with Gasteiger partial charge in [-0.15, -0.1) is 6.58 Å². The highest BCUT2D eigenvalue weighted by Crippen LogP contribution is 2.61. The van der Waals surface area contributed by atoms with E-state index >= 15 is 0 Å². The monoisotopic (exact) mass is 246 g/mol. The Hall–Kier alpha value is -0.890. The van der Waals surface area contributed by atoms with E-state index in [1.54, 1.807) is 0 Å². The van der Waals surface area contributed by atoms with Gasteiger partial charge in [-0.2, -0.15) is 0 Å². The predicted octanol–water partition coefficient (Wildman–Crippen LogP) is 3.02. The highest BCUT2D eigenvalue weighted by atomic mass is 16.3. The number of aliphatic hydroxyl groups is 1. The van der Waals surface area contributed by atoms with E-state index in [0.29, 0.717) is 6.42 Å². The van der Waals surface area contributed by atoms with Gasteiger partial charge in [-0.1, -0.05) is 30.6 Å². The fourth-order valence-corrected chi connectivity index (χ4v) is 4.84. The first-order valence-electron chi connectivity index (χ1n) is 7.09. The zero-order chi connectivity index (χ0) is 13.0. The maximum Gasteiger partial charge on any atom is 0.143 e. The first-order chi connectivity index (χ1) is 8.53. The van der Waals surface area contributed by atoms with Crippen molar-refractivity contribution < 1.29 is 9.90 Å². The predicted molar refractivity (Wildman–Crippen MR) is 71.0 cm³/mol. The zero-order valence-electron chi connectivity index (χ0n) is 11.1. The smallest absolute Gasteiger partial charge is 0.143 e. The van der Waals surface area contributed by atoms with Crippen molar-refractivity contribution in [2.75, 3.05) is 0 Å². The van der Waals surface area contributed by atoms with E-state index in [4.69, 9.17) is 0 Å². The van der Waals surface area contributed by atoms with E-state index < -0.39 is 5.60 Å². The molecule has 2 saturated carbocycles. The molecule has 0 aromatic carbocycles. The lowest BCUT2D eigenvalue weighted by Gasteiger charge is -2.54. The Morgan fingerprint density at radius 2 is 2.28 bits per heavy atom. The summed E-state index contributed by atoms with van der Waals surface area (Å²) in [7, 11) is 0. The van der Waals surface area contributed by atoms with Crippen LogP contribution in [-0.4, -0.2) is 16.5 Å². The van der Waals surface area contributed by atoms with E-state index in [1.807, 2.05) is 6.08 Å².